The second kappa shape index (κ2) is 9.53. The number of allylic oxidation sites excluding steroid dienone is 1. The maximum Gasteiger partial charge on any atom is 0.421 e. The van der Waals surface area contributed by atoms with Crippen LogP contribution in [0.2, 0.25) is 0 Å². The van der Waals surface area contributed by atoms with Gasteiger partial charge in [-0.1, -0.05) is 42.5 Å². The van der Waals surface area contributed by atoms with Crippen LogP contribution in [0.4, 0.5) is 9.18 Å². The normalized spacial score (nSPS) is 12.2. The molecule has 2 aromatic rings. The van der Waals surface area contributed by atoms with Gasteiger partial charge in [0.25, 0.3) is 10.0 Å². The van der Waals surface area contributed by atoms with E-state index >= 15 is 0 Å². The molecule has 0 radical (unpaired) electrons. The van der Waals surface area contributed by atoms with Gasteiger partial charge in [-0.3, -0.25) is 4.79 Å². The largest absolute Gasteiger partial charge is 0.443 e. The van der Waals surface area contributed by atoms with Crippen molar-refractivity contribution in [3.63, 3.8) is 0 Å². The molecule has 30 heavy (non-hydrogen) atoms. The Morgan fingerprint density at radius 2 is 1.63 bits per heavy atom. The van der Waals surface area contributed by atoms with Crippen molar-refractivity contribution in [3.8, 4) is 0 Å². The minimum absolute atomic E-state index is 0.205. The Morgan fingerprint density at radius 3 is 2.23 bits per heavy atom. The van der Waals surface area contributed by atoms with Gasteiger partial charge < -0.3 is 10.1 Å². The van der Waals surface area contributed by atoms with Crippen LogP contribution in [0.15, 0.2) is 65.7 Å². The quantitative estimate of drug-likeness (QED) is 0.511. The topological polar surface area (TPSA) is 102 Å². The fraction of sp³-hybridized carbons (Fsp3) is 0.238. The Morgan fingerprint density at radius 1 is 1.03 bits per heavy atom. The highest BCUT2D eigenvalue weighted by atomic mass is 32.2. The minimum Gasteiger partial charge on any atom is -0.443 e. The number of carbonyl (C=O) groups excluding carboxylic acids is 2. The van der Waals surface area contributed by atoms with Crippen molar-refractivity contribution in [2.45, 2.75) is 32.9 Å². The molecule has 0 aliphatic carbocycles. The summed E-state index contributed by atoms with van der Waals surface area (Å²) >= 11 is 0. The van der Waals surface area contributed by atoms with Gasteiger partial charge in [0, 0.05) is 12.7 Å². The molecule has 1 amide bonds. The summed E-state index contributed by atoms with van der Waals surface area (Å²) in [7, 11) is -4.65. The van der Waals surface area contributed by atoms with E-state index in [0.29, 0.717) is 0 Å². The highest BCUT2D eigenvalue weighted by molar-refractivity contribution is 7.94. The highest BCUT2D eigenvalue weighted by Gasteiger charge is 2.31. The molecule has 160 valence electrons. The molecular formula is C21H23FN2O5S. The first-order valence-electron chi connectivity index (χ1n) is 9.02. The lowest BCUT2D eigenvalue weighted by Gasteiger charge is -2.20. The van der Waals surface area contributed by atoms with Crippen molar-refractivity contribution >= 4 is 21.9 Å². The molecule has 0 saturated heterocycles. The number of sulfonamides is 1. The van der Waals surface area contributed by atoms with Crippen molar-refractivity contribution in [2.75, 3.05) is 0 Å². The third kappa shape index (κ3) is 6.70. The zero-order chi connectivity index (χ0) is 22.4. The summed E-state index contributed by atoms with van der Waals surface area (Å²) in [4.78, 5) is 23.9. The molecule has 0 atom stereocenters. The van der Waals surface area contributed by atoms with E-state index in [1.54, 1.807) is 49.8 Å². The number of nitrogens with one attached hydrogen (secondary N) is 2. The van der Waals surface area contributed by atoms with E-state index in [-0.39, 0.29) is 6.54 Å². The number of benzene rings is 2. The monoisotopic (exact) mass is 434 g/mol. The lowest BCUT2D eigenvalue weighted by Crippen LogP contribution is -2.38. The van der Waals surface area contributed by atoms with E-state index < -0.39 is 43.8 Å². The Hall–Kier alpha value is -3.20. The maximum atomic E-state index is 14.1. The van der Waals surface area contributed by atoms with Gasteiger partial charge in [-0.25, -0.2) is 22.3 Å². The molecule has 0 saturated carbocycles. The standard InChI is InChI=1S/C21H23FN2O5S/c1-21(2,3)29-20(26)24-30(27,28)18(14-23-13-15-9-5-4-6-10-15)19(25)16-11-7-8-12-17(16)22/h4-12,14,23H,13H2,1-3H3,(H,24,26)/b18-14-. The number of Topliss-reactive ketones (excluding diaryl/α,β-unsaturated/α-hetero) is 1. The first kappa shape index (κ1) is 23.1. The molecule has 2 N–H and O–H groups in total. The zero-order valence-corrected chi connectivity index (χ0v) is 17.6. The molecule has 0 aliphatic rings. The van der Waals surface area contributed by atoms with Gasteiger partial charge in [-0.2, -0.15) is 0 Å². The lowest BCUT2D eigenvalue weighted by molar-refractivity contribution is 0.0570. The van der Waals surface area contributed by atoms with E-state index in [9.17, 15) is 22.4 Å². The van der Waals surface area contributed by atoms with Gasteiger partial charge >= 0.3 is 6.09 Å². The number of amides is 1. The Balaban J connectivity index is 2.34. The number of hydrogen-bond acceptors (Lipinski definition) is 6. The molecular weight excluding hydrogens is 411 g/mol. The van der Waals surface area contributed by atoms with Gasteiger partial charge in [0.15, 0.2) is 4.91 Å². The highest BCUT2D eigenvalue weighted by Crippen LogP contribution is 2.17. The van der Waals surface area contributed by atoms with E-state index in [0.717, 1.165) is 23.9 Å². The SMILES string of the molecule is CC(C)(C)OC(=O)NS(=O)(=O)/C(=C\NCc1ccccc1)C(=O)c1ccccc1F. The average Bonchev–Trinajstić information content (AvgIpc) is 2.63. The van der Waals surface area contributed by atoms with Gasteiger partial charge in [0.2, 0.25) is 5.78 Å². The summed E-state index contributed by atoms with van der Waals surface area (Å²) in [6.45, 7) is 4.88. The Kier molecular flexibility index (Phi) is 7.33. The number of halogens is 1. The first-order valence-corrected chi connectivity index (χ1v) is 10.5. The van der Waals surface area contributed by atoms with Crippen LogP contribution >= 0.6 is 0 Å². The van der Waals surface area contributed by atoms with Crippen LogP contribution in [0.1, 0.15) is 36.7 Å². The van der Waals surface area contributed by atoms with Gasteiger partial charge in [-0.05, 0) is 38.5 Å². The van der Waals surface area contributed by atoms with Crippen LogP contribution in [0, 0.1) is 5.82 Å². The summed E-state index contributed by atoms with van der Waals surface area (Å²) in [6.07, 6.45) is -0.313. The van der Waals surface area contributed by atoms with Crippen LogP contribution < -0.4 is 10.0 Å². The van der Waals surface area contributed by atoms with Crippen molar-refractivity contribution in [3.05, 3.63) is 82.6 Å². The molecule has 2 aromatic carbocycles. The third-order valence-electron chi connectivity index (χ3n) is 3.63. The summed E-state index contributed by atoms with van der Waals surface area (Å²) in [5.74, 6) is -1.99. The number of ether oxygens (including phenoxy) is 1. The van der Waals surface area contributed by atoms with E-state index in [4.69, 9.17) is 4.74 Å². The molecule has 0 heterocycles. The second-order valence-electron chi connectivity index (χ2n) is 7.29. The maximum absolute atomic E-state index is 14.1. The Bertz CT molecular complexity index is 1040. The summed E-state index contributed by atoms with van der Waals surface area (Å²) in [5.41, 5.74) is -0.575. The van der Waals surface area contributed by atoms with Crippen molar-refractivity contribution in [1.29, 1.82) is 0 Å². The van der Waals surface area contributed by atoms with Crippen LogP contribution in [-0.4, -0.2) is 25.9 Å². The fourth-order valence-corrected chi connectivity index (χ4v) is 3.33. The van der Waals surface area contributed by atoms with Crippen LogP contribution in [0.3, 0.4) is 0 Å². The second-order valence-corrected chi connectivity index (χ2v) is 8.94. The summed E-state index contributed by atoms with van der Waals surface area (Å²) in [5, 5.41) is 2.72. The molecule has 0 spiro atoms. The zero-order valence-electron chi connectivity index (χ0n) is 16.8. The molecule has 0 aromatic heterocycles. The molecule has 0 fully saturated rings. The van der Waals surface area contributed by atoms with Crippen LogP contribution in [-0.2, 0) is 21.3 Å². The van der Waals surface area contributed by atoms with Gasteiger partial charge in [0.1, 0.15) is 11.4 Å². The molecule has 0 aliphatic heterocycles. The van der Waals surface area contributed by atoms with E-state index in [1.165, 1.54) is 12.1 Å². The van der Waals surface area contributed by atoms with Crippen molar-refractivity contribution in [1.82, 2.24) is 10.0 Å². The third-order valence-corrected chi connectivity index (χ3v) is 4.95. The molecule has 7 nitrogen and oxygen atoms in total. The van der Waals surface area contributed by atoms with Crippen LogP contribution in [0.5, 0.6) is 0 Å². The van der Waals surface area contributed by atoms with Crippen molar-refractivity contribution in [2.24, 2.45) is 0 Å². The number of carbonyl (C=O) groups is 2. The lowest BCUT2D eigenvalue weighted by atomic mass is 10.1. The van der Waals surface area contributed by atoms with Gasteiger partial charge in [-0.15, -0.1) is 0 Å². The predicted octanol–water partition coefficient (Wildman–Crippen LogP) is 3.49. The predicted molar refractivity (Wildman–Crippen MR) is 110 cm³/mol. The van der Waals surface area contributed by atoms with Crippen molar-refractivity contribution < 1.29 is 27.1 Å². The van der Waals surface area contributed by atoms with Gasteiger partial charge in [0.05, 0.1) is 5.56 Å². The van der Waals surface area contributed by atoms with Crippen LogP contribution in [0.25, 0.3) is 0 Å². The minimum atomic E-state index is -4.65. The number of rotatable bonds is 7. The van der Waals surface area contributed by atoms with E-state index in [1.807, 2.05) is 6.07 Å². The number of hydrogen-bond donors (Lipinski definition) is 2. The van der Waals surface area contributed by atoms with E-state index in [2.05, 4.69) is 5.32 Å². The smallest absolute Gasteiger partial charge is 0.421 e. The Labute approximate surface area is 175 Å². The molecule has 2 rings (SSSR count). The average molecular weight is 434 g/mol. The molecule has 9 heteroatoms. The molecule has 0 unspecified atom stereocenters. The number of ketones is 1. The summed E-state index contributed by atoms with van der Waals surface area (Å²) in [6, 6.07) is 14.0. The first-order chi connectivity index (χ1) is 14.0. The molecule has 0 bridgehead atoms. The fourth-order valence-electron chi connectivity index (χ4n) is 2.36. The summed E-state index contributed by atoms with van der Waals surface area (Å²) < 4.78 is 46.2.